The number of rotatable bonds is 6. The number of amides is 1. The Labute approximate surface area is 114 Å². The van der Waals surface area contributed by atoms with Crippen LogP contribution in [0.5, 0.6) is 0 Å². The third-order valence-electron chi connectivity index (χ3n) is 2.78. The Morgan fingerprint density at radius 1 is 1.32 bits per heavy atom. The molecular weight excluding hydrogens is 264 g/mol. The molecule has 0 saturated carbocycles. The second kappa shape index (κ2) is 6.68. The van der Waals surface area contributed by atoms with E-state index in [1.54, 1.807) is 18.2 Å². The lowest BCUT2D eigenvalue weighted by Crippen LogP contribution is -2.34. The molecule has 1 amide bonds. The van der Waals surface area contributed by atoms with Crippen LogP contribution in [0.4, 0.5) is 5.69 Å². The summed E-state index contributed by atoms with van der Waals surface area (Å²) in [6.07, 6.45) is 2.04. The maximum absolute atomic E-state index is 11.7. The molecule has 1 unspecified atom stereocenters. The smallest absolute Gasteiger partial charge is 0.238 e. The van der Waals surface area contributed by atoms with Gasteiger partial charge >= 0.3 is 0 Å². The number of benzene rings is 1. The molecule has 0 radical (unpaired) electrons. The summed E-state index contributed by atoms with van der Waals surface area (Å²) in [5.74, 6) is -0.253. The third kappa shape index (κ3) is 5.00. The second-order valence-corrected chi connectivity index (χ2v) is 6.49. The molecule has 0 saturated heterocycles. The minimum atomic E-state index is -3.35. The average molecular weight is 284 g/mol. The first kappa shape index (κ1) is 15.7. The first-order valence-corrected chi connectivity index (χ1v) is 8.06. The van der Waals surface area contributed by atoms with Crippen LogP contribution in [0.3, 0.4) is 0 Å². The van der Waals surface area contributed by atoms with Gasteiger partial charge in [0.1, 0.15) is 0 Å². The molecule has 2 N–H and O–H groups in total. The number of para-hydroxylation sites is 1. The Hall–Kier alpha value is -1.40. The van der Waals surface area contributed by atoms with Crippen LogP contribution < -0.4 is 10.6 Å². The van der Waals surface area contributed by atoms with E-state index < -0.39 is 9.84 Å². The third-order valence-corrected chi connectivity index (χ3v) is 3.94. The minimum Gasteiger partial charge on any atom is -0.324 e. The van der Waals surface area contributed by atoms with E-state index in [2.05, 4.69) is 10.6 Å². The molecule has 1 atom stereocenters. The first-order chi connectivity index (χ1) is 8.84. The van der Waals surface area contributed by atoms with Gasteiger partial charge in [-0.2, -0.15) is 0 Å². The number of nitrogens with one attached hydrogen (secondary N) is 2. The van der Waals surface area contributed by atoms with Gasteiger partial charge in [-0.25, -0.2) is 8.42 Å². The van der Waals surface area contributed by atoms with Gasteiger partial charge in [-0.3, -0.25) is 4.79 Å². The average Bonchev–Trinajstić information content (AvgIpc) is 2.35. The van der Waals surface area contributed by atoms with Gasteiger partial charge in [0.25, 0.3) is 0 Å². The summed E-state index contributed by atoms with van der Waals surface area (Å²) in [6, 6.07) is 6.62. The summed E-state index contributed by atoms with van der Waals surface area (Å²) in [4.78, 5) is 11.9. The maximum atomic E-state index is 11.7. The summed E-state index contributed by atoms with van der Waals surface area (Å²) in [5, 5.41) is 5.66. The number of hydrogen-bond acceptors (Lipinski definition) is 4. The van der Waals surface area contributed by atoms with Crippen molar-refractivity contribution in [1.82, 2.24) is 5.32 Å². The van der Waals surface area contributed by atoms with Gasteiger partial charge in [0, 0.05) is 12.3 Å². The van der Waals surface area contributed by atoms with Crippen molar-refractivity contribution in [3.8, 4) is 0 Å². The number of carbonyl (C=O) groups excluding carboxylic acids is 1. The molecule has 1 aromatic rings. The lowest BCUT2D eigenvalue weighted by Gasteiger charge is -2.12. The molecule has 0 aliphatic carbocycles. The Kier molecular flexibility index (Phi) is 5.50. The Morgan fingerprint density at radius 2 is 1.95 bits per heavy atom. The summed E-state index contributed by atoms with van der Waals surface area (Å²) in [6.45, 7) is 4.17. The molecule has 1 rings (SSSR count). The van der Waals surface area contributed by atoms with Crippen LogP contribution in [-0.2, 0) is 14.6 Å². The van der Waals surface area contributed by atoms with Gasteiger partial charge in [-0.15, -0.1) is 0 Å². The largest absolute Gasteiger partial charge is 0.324 e. The van der Waals surface area contributed by atoms with Crippen molar-refractivity contribution >= 4 is 21.4 Å². The topological polar surface area (TPSA) is 75.3 Å². The highest BCUT2D eigenvalue weighted by molar-refractivity contribution is 7.90. The Morgan fingerprint density at radius 3 is 2.53 bits per heavy atom. The Bertz CT molecular complexity index is 541. The minimum absolute atomic E-state index is 0.131. The molecule has 106 valence electrons. The molecule has 0 aliphatic heterocycles. The summed E-state index contributed by atoms with van der Waals surface area (Å²) in [5.41, 5.74) is 0.320. The summed E-state index contributed by atoms with van der Waals surface area (Å²) >= 11 is 0. The fourth-order valence-corrected chi connectivity index (χ4v) is 2.34. The zero-order valence-corrected chi connectivity index (χ0v) is 12.3. The van der Waals surface area contributed by atoms with Crippen molar-refractivity contribution in [3.05, 3.63) is 24.3 Å². The van der Waals surface area contributed by atoms with Crippen molar-refractivity contribution < 1.29 is 13.2 Å². The second-order valence-electron chi connectivity index (χ2n) is 4.51. The zero-order chi connectivity index (χ0) is 14.5. The number of anilines is 1. The van der Waals surface area contributed by atoms with Crippen molar-refractivity contribution in [3.63, 3.8) is 0 Å². The monoisotopic (exact) mass is 284 g/mol. The molecular formula is C13H20N2O3S. The van der Waals surface area contributed by atoms with Crippen LogP contribution in [0, 0.1) is 0 Å². The molecule has 19 heavy (non-hydrogen) atoms. The summed E-state index contributed by atoms with van der Waals surface area (Å²) < 4.78 is 23.2. The molecule has 1 aromatic carbocycles. The quantitative estimate of drug-likeness (QED) is 0.828. The number of carbonyl (C=O) groups is 1. The number of hydrogen-bond donors (Lipinski definition) is 2. The van der Waals surface area contributed by atoms with E-state index in [9.17, 15) is 13.2 Å². The molecule has 6 heteroatoms. The van der Waals surface area contributed by atoms with Crippen LogP contribution in [0.25, 0.3) is 0 Å². The van der Waals surface area contributed by atoms with Crippen LogP contribution in [0.2, 0.25) is 0 Å². The van der Waals surface area contributed by atoms with Crippen LogP contribution in [0.15, 0.2) is 29.2 Å². The van der Waals surface area contributed by atoms with E-state index in [1.165, 1.54) is 6.07 Å². The molecule has 0 spiro atoms. The van der Waals surface area contributed by atoms with E-state index in [4.69, 9.17) is 0 Å². The first-order valence-electron chi connectivity index (χ1n) is 6.17. The zero-order valence-electron chi connectivity index (χ0n) is 11.4. The fraction of sp³-hybridized carbons (Fsp3) is 0.462. The van der Waals surface area contributed by atoms with Crippen LogP contribution in [0.1, 0.15) is 20.3 Å². The van der Waals surface area contributed by atoms with E-state index in [0.717, 1.165) is 12.7 Å². The molecule has 0 fully saturated rings. The highest BCUT2D eigenvalue weighted by atomic mass is 32.2. The normalized spacial score (nSPS) is 13.0. The molecule has 0 aromatic heterocycles. The maximum Gasteiger partial charge on any atom is 0.238 e. The predicted octanol–water partition coefficient (Wildman–Crippen LogP) is 1.42. The molecule has 0 heterocycles. The van der Waals surface area contributed by atoms with Gasteiger partial charge in [-0.05, 0) is 25.5 Å². The van der Waals surface area contributed by atoms with Crippen molar-refractivity contribution in [1.29, 1.82) is 0 Å². The lowest BCUT2D eigenvalue weighted by atomic mass is 10.2. The van der Waals surface area contributed by atoms with E-state index >= 15 is 0 Å². The standard InChI is InChI=1S/C13H20N2O3S/c1-4-10(2)14-9-13(16)15-11-7-5-6-8-12(11)19(3,17)18/h5-8,10,14H,4,9H2,1-3H3,(H,15,16). The van der Waals surface area contributed by atoms with Crippen LogP contribution >= 0.6 is 0 Å². The van der Waals surface area contributed by atoms with E-state index in [1.807, 2.05) is 13.8 Å². The predicted molar refractivity (Wildman–Crippen MR) is 75.9 cm³/mol. The van der Waals surface area contributed by atoms with Crippen molar-refractivity contribution in [2.75, 3.05) is 18.1 Å². The van der Waals surface area contributed by atoms with E-state index in [0.29, 0.717) is 5.69 Å². The summed E-state index contributed by atoms with van der Waals surface area (Å²) in [7, 11) is -3.35. The van der Waals surface area contributed by atoms with Gasteiger partial charge < -0.3 is 10.6 Å². The van der Waals surface area contributed by atoms with Gasteiger partial charge in [0.05, 0.1) is 17.1 Å². The van der Waals surface area contributed by atoms with Crippen molar-refractivity contribution in [2.24, 2.45) is 0 Å². The SMILES string of the molecule is CCC(C)NCC(=O)Nc1ccccc1S(C)(=O)=O. The molecule has 0 bridgehead atoms. The highest BCUT2D eigenvalue weighted by Crippen LogP contribution is 2.20. The van der Waals surface area contributed by atoms with Crippen LogP contribution in [-0.4, -0.2) is 33.2 Å². The van der Waals surface area contributed by atoms with E-state index in [-0.39, 0.29) is 23.4 Å². The van der Waals surface area contributed by atoms with Crippen molar-refractivity contribution in [2.45, 2.75) is 31.2 Å². The fourth-order valence-electron chi connectivity index (χ4n) is 1.50. The Balaban J connectivity index is 2.75. The molecule has 5 nitrogen and oxygen atoms in total. The van der Waals surface area contributed by atoms with Gasteiger partial charge in [-0.1, -0.05) is 19.1 Å². The highest BCUT2D eigenvalue weighted by Gasteiger charge is 2.14. The van der Waals surface area contributed by atoms with Gasteiger partial charge in [0.15, 0.2) is 9.84 Å². The van der Waals surface area contributed by atoms with Gasteiger partial charge in [0.2, 0.25) is 5.91 Å². The molecule has 0 aliphatic rings. The number of sulfone groups is 1. The lowest BCUT2D eigenvalue weighted by molar-refractivity contribution is -0.115.